The molecule has 2 aromatic carbocycles. The molecule has 4 nitrogen and oxygen atoms in total. The minimum absolute atomic E-state index is 0.0470. The molecule has 2 rings (SSSR count). The van der Waals surface area contributed by atoms with E-state index in [-0.39, 0.29) is 10.6 Å². The fraction of sp³-hybridized carbons (Fsp3) is 0.133. The van der Waals surface area contributed by atoms with Crippen molar-refractivity contribution in [3.05, 3.63) is 53.1 Å². The van der Waals surface area contributed by atoms with Crippen molar-refractivity contribution in [3.63, 3.8) is 0 Å². The van der Waals surface area contributed by atoms with E-state index in [1.165, 1.54) is 12.1 Å². The molecular formula is C15H13ClO4. The predicted molar refractivity (Wildman–Crippen MR) is 76.1 cm³/mol. The number of ether oxygens (including phenoxy) is 2. The first-order valence-electron chi connectivity index (χ1n) is 6.03. The molecule has 0 unspecified atom stereocenters. The van der Waals surface area contributed by atoms with Gasteiger partial charge in [0.1, 0.15) is 17.2 Å². The van der Waals surface area contributed by atoms with Crippen LogP contribution in [-0.4, -0.2) is 17.7 Å². The zero-order valence-corrected chi connectivity index (χ0v) is 11.6. The van der Waals surface area contributed by atoms with E-state index >= 15 is 0 Å². The molecule has 104 valence electrons. The minimum Gasteiger partial charge on any atom is -0.494 e. The summed E-state index contributed by atoms with van der Waals surface area (Å²) in [5.74, 6) is 0.790. The molecule has 0 bridgehead atoms. The highest BCUT2D eigenvalue weighted by atomic mass is 35.5. The largest absolute Gasteiger partial charge is 0.494 e. The van der Waals surface area contributed by atoms with Gasteiger partial charge in [-0.25, -0.2) is 4.79 Å². The quantitative estimate of drug-likeness (QED) is 0.896. The average Bonchev–Trinajstić information content (AvgIpc) is 2.41. The van der Waals surface area contributed by atoms with E-state index in [4.69, 9.17) is 26.2 Å². The smallest absolute Gasteiger partial charge is 0.337 e. The highest BCUT2D eigenvalue weighted by Gasteiger charge is 2.09. The number of hydrogen-bond acceptors (Lipinski definition) is 3. The van der Waals surface area contributed by atoms with Crippen LogP contribution in [0, 0.1) is 0 Å². The number of benzene rings is 2. The van der Waals surface area contributed by atoms with Crippen molar-refractivity contribution in [3.8, 4) is 17.2 Å². The summed E-state index contributed by atoms with van der Waals surface area (Å²) in [6.07, 6.45) is 0. The van der Waals surface area contributed by atoms with E-state index in [1.54, 1.807) is 30.3 Å². The van der Waals surface area contributed by atoms with Crippen molar-refractivity contribution in [1.82, 2.24) is 0 Å². The lowest BCUT2D eigenvalue weighted by Crippen LogP contribution is -1.97. The predicted octanol–water partition coefficient (Wildman–Crippen LogP) is 4.23. The third-order valence-electron chi connectivity index (χ3n) is 2.54. The number of carboxylic acids is 1. The molecule has 0 heterocycles. The molecule has 0 saturated heterocycles. The van der Waals surface area contributed by atoms with Crippen molar-refractivity contribution < 1.29 is 19.4 Å². The highest BCUT2D eigenvalue weighted by Crippen LogP contribution is 2.28. The zero-order chi connectivity index (χ0) is 14.5. The maximum Gasteiger partial charge on any atom is 0.337 e. The highest BCUT2D eigenvalue weighted by molar-refractivity contribution is 6.33. The molecule has 0 atom stereocenters. The number of aromatic carboxylic acids is 1. The van der Waals surface area contributed by atoms with Gasteiger partial charge in [0.2, 0.25) is 0 Å². The van der Waals surface area contributed by atoms with E-state index in [0.717, 1.165) is 5.75 Å². The van der Waals surface area contributed by atoms with Crippen molar-refractivity contribution >= 4 is 17.6 Å². The van der Waals surface area contributed by atoms with Gasteiger partial charge in [-0.3, -0.25) is 0 Å². The Bertz CT molecular complexity index is 608. The Kier molecular flexibility index (Phi) is 4.48. The van der Waals surface area contributed by atoms with Gasteiger partial charge in [-0.1, -0.05) is 11.6 Å². The molecule has 0 aromatic heterocycles. The first-order chi connectivity index (χ1) is 9.60. The van der Waals surface area contributed by atoms with Gasteiger partial charge in [0.25, 0.3) is 0 Å². The van der Waals surface area contributed by atoms with Crippen LogP contribution < -0.4 is 9.47 Å². The van der Waals surface area contributed by atoms with Gasteiger partial charge in [-0.05, 0) is 43.3 Å². The van der Waals surface area contributed by atoms with Crippen molar-refractivity contribution in [2.75, 3.05) is 6.61 Å². The van der Waals surface area contributed by atoms with Gasteiger partial charge in [0.05, 0.1) is 17.2 Å². The van der Waals surface area contributed by atoms with Crippen LogP contribution in [0.5, 0.6) is 17.2 Å². The van der Waals surface area contributed by atoms with Crippen molar-refractivity contribution in [1.29, 1.82) is 0 Å². The van der Waals surface area contributed by atoms with Crippen LogP contribution >= 0.6 is 11.6 Å². The monoisotopic (exact) mass is 292 g/mol. The van der Waals surface area contributed by atoms with E-state index in [1.807, 2.05) is 6.92 Å². The third kappa shape index (κ3) is 3.42. The summed E-state index contributed by atoms with van der Waals surface area (Å²) in [6.45, 7) is 2.52. The molecular weight excluding hydrogens is 280 g/mol. The topological polar surface area (TPSA) is 55.8 Å². The summed E-state index contributed by atoms with van der Waals surface area (Å²) in [4.78, 5) is 10.9. The van der Waals surface area contributed by atoms with Gasteiger partial charge in [0, 0.05) is 6.07 Å². The van der Waals surface area contributed by atoms with E-state index < -0.39 is 5.97 Å². The first-order valence-corrected chi connectivity index (χ1v) is 6.41. The Hall–Kier alpha value is -2.20. The van der Waals surface area contributed by atoms with E-state index in [9.17, 15) is 4.79 Å². The lowest BCUT2D eigenvalue weighted by molar-refractivity contribution is 0.0697. The standard InChI is InChI=1S/C15H13ClO4/c1-2-19-10-3-5-11(6-4-10)20-12-7-8-13(15(17)18)14(16)9-12/h3-9H,2H2,1H3,(H,17,18). The van der Waals surface area contributed by atoms with Crippen LogP contribution in [0.4, 0.5) is 0 Å². The second-order valence-electron chi connectivity index (χ2n) is 3.95. The molecule has 0 aliphatic heterocycles. The molecule has 20 heavy (non-hydrogen) atoms. The fourth-order valence-electron chi connectivity index (χ4n) is 1.64. The van der Waals surface area contributed by atoms with Gasteiger partial charge in [0.15, 0.2) is 0 Å². The van der Waals surface area contributed by atoms with Crippen molar-refractivity contribution in [2.45, 2.75) is 6.92 Å². The van der Waals surface area contributed by atoms with Crippen LogP contribution in [0.25, 0.3) is 0 Å². The molecule has 0 amide bonds. The van der Waals surface area contributed by atoms with Crippen LogP contribution in [0.1, 0.15) is 17.3 Å². The molecule has 0 fully saturated rings. The van der Waals surface area contributed by atoms with Crippen LogP contribution in [0.3, 0.4) is 0 Å². The first kappa shape index (κ1) is 14.2. The van der Waals surface area contributed by atoms with Gasteiger partial charge >= 0.3 is 5.97 Å². The Labute approximate surface area is 121 Å². The summed E-state index contributed by atoms with van der Waals surface area (Å²) >= 11 is 5.88. The number of hydrogen-bond donors (Lipinski definition) is 1. The summed E-state index contributed by atoms with van der Waals surface area (Å²) < 4.78 is 10.9. The van der Waals surface area contributed by atoms with Gasteiger partial charge < -0.3 is 14.6 Å². The minimum atomic E-state index is -1.07. The Morgan fingerprint density at radius 2 is 1.70 bits per heavy atom. The summed E-state index contributed by atoms with van der Waals surface area (Å²) in [6, 6.07) is 11.6. The molecule has 0 saturated carbocycles. The van der Waals surface area contributed by atoms with Crippen LogP contribution in [0.15, 0.2) is 42.5 Å². The summed E-state index contributed by atoms with van der Waals surface area (Å²) in [5, 5.41) is 9.03. The second-order valence-corrected chi connectivity index (χ2v) is 4.36. The molecule has 2 aromatic rings. The molecule has 0 aliphatic rings. The number of carbonyl (C=O) groups is 1. The Morgan fingerprint density at radius 1 is 1.10 bits per heavy atom. The van der Waals surface area contributed by atoms with Crippen LogP contribution in [-0.2, 0) is 0 Å². The van der Waals surface area contributed by atoms with E-state index in [2.05, 4.69) is 0 Å². The summed E-state index contributed by atoms with van der Waals surface area (Å²) in [5.41, 5.74) is 0.0470. The van der Waals surface area contributed by atoms with Crippen molar-refractivity contribution in [2.24, 2.45) is 0 Å². The summed E-state index contributed by atoms with van der Waals surface area (Å²) in [7, 11) is 0. The number of carboxylic acid groups (broad SMARTS) is 1. The van der Waals surface area contributed by atoms with E-state index in [0.29, 0.717) is 18.1 Å². The Balaban J connectivity index is 2.13. The molecule has 1 N–H and O–H groups in total. The average molecular weight is 293 g/mol. The van der Waals surface area contributed by atoms with Crippen LogP contribution in [0.2, 0.25) is 5.02 Å². The lowest BCUT2D eigenvalue weighted by Gasteiger charge is -2.08. The maximum atomic E-state index is 10.9. The molecule has 0 aliphatic carbocycles. The molecule has 5 heteroatoms. The SMILES string of the molecule is CCOc1ccc(Oc2ccc(C(=O)O)c(Cl)c2)cc1. The molecule has 0 spiro atoms. The number of rotatable bonds is 5. The normalized spacial score (nSPS) is 10.1. The fourth-order valence-corrected chi connectivity index (χ4v) is 1.89. The maximum absolute atomic E-state index is 10.9. The lowest BCUT2D eigenvalue weighted by atomic mass is 10.2. The third-order valence-corrected chi connectivity index (χ3v) is 2.85. The Morgan fingerprint density at radius 3 is 2.25 bits per heavy atom. The van der Waals surface area contributed by atoms with Gasteiger partial charge in [-0.2, -0.15) is 0 Å². The zero-order valence-electron chi connectivity index (χ0n) is 10.8. The number of halogens is 1. The van der Waals surface area contributed by atoms with Gasteiger partial charge in [-0.15, -0.1) is 0 Å². The molecule has 0 radical (unpaired) electrons. The second kappa shape index (κ2) is 6.30.